The Labute approximate surface area is 163 Å². The molecular formula is C21H23N3O4. The number of fused-ring (bicyclic) bond motifs is 1. The normalized spacial score (nSPS) is 13.4. The highest BCUT2D eigenvalue weighted by Gasteiger charge is 2.23. The summed E-state index contributed by atoms with van der Waals surface area (Å²) < 4.78 is 5.13. The molecule has 2 aromatic carbocycles. The molecule has 0 fully saturated rings. The minimum atomic E-state index is -0.759. The van der Waals surface area contributed by atoms with Crippen molar-refractivity contribution >= 4 is 29.3 Å². The zero-order chi connectivity index (χ0) is 20.1. The van der Waals surface area contributed by atoms with Crippen LogP contribution in [-0.2, 0) is 27.4 Å². The fourth-order valence-electron chi connectivity index (χ4n) is 3.06. The lowest BCUT2D eigenvalue weighted by molar-refractivity contribution is -0.118. The predicted octanol–water partition coefficient (Wildman–Crippen LogP) is 2.85. The maximum absolute atomic E-state index is 12.3. The summed E-state index contributed by atoms with van der Waals surface area (Å²) in [6, 6.07) is 14.0. The number of hydrogen-bond donors (Lipinski definition) is 2. The number of carbonyl (C=O) groups excluding carboxylic acids is 3. The van der Waals surface area contributed by atoms with Gasteiger partial charge in [0.25, 0.3) is 0 Å². The Bertz CT molecular complexity index is 882. The fraction of sp³-hybridized carbons (Fsp3) is 0.286. The number of alkyl carbamates (subject to hydrolysis) is 1. The van der Waals surface area contributed by atoms with Crippen molar-refractivity contribution in [2.75, 3.05) is 16.8 Å². The predicted molar refractivity (Wildman–Crippen MR) is 106 cm³/mol. The Morgan fingerprint density at radius 3 is 2.61 bits per heavy atom. The molecule has 2 N–H and O–H groups in total. The van der Waals surface area contributed by atoms with Crippen LogP contribution in [-0.4, -0.2) is 30.5 Å². The van der Waals surface area contributed by atoms with Crippen molar-refractivity contribution in [1.29, 1.82) is 0 Å². The number of nitrogens with zero attached hydrogens (tertiary/aromatic N) is 1. The highest BCUT2D eigenvalue weighted by atomic mass is 16.5. The maximum Gasteiger partial charge on any atom is 0.408 e. The van der Waals surface area contributed by atoms with Crippen LogP contribution >= 0.6 is 0 Å². The number of carbonyl (C=O) groups is 3. The number of nitrogens with one attached hydrogen (secondary N) is 2. The zero-order valence-electron chi connectivity index (χ0n) is 15.9. The second-order valence-corrected chi connectivity index (χ2v) is 6.68. The van der Waals surface area contributed by atoms with E-state index in [0.29, 0.717) is 12.2 Å². The summed E-state index contributed by atoms with van der Waals surface area (Å²) in [5.74, 6) is -0.347. The van der Waals surface area contributed by atoms with Crippen molar-refractivity contribution in [2.24, 2.45) is 0 Å². The second-order valence-electron chi connectivity index (χ2n) is 6.68. The molecule has 7 heteroatoms. The minimum Gasteiger partial charge on any atom is -0.445 e. The minimum absolute atomic E-state index is 0.00220. The molecule has 0 radical (unpaired) electrons. The van der Waals surface area contributed by atoms with Crippen LogP contribution in [0.1, 0.15) is 25.0 Å². The van der Waals surface area contributed by atoms with Crippen molar-refractivity contribution in [3.63, 3.8) is 0 Å². The van der Waals surface area contributed by atoms with Gasteiger partial charge in [-0.1, -0.05) is 30.3 Å². The van der Waals surface area contributed by atoms with Gasteiger partial charge >= 0.3 is 6.09 Å². The monoisotopic (exact) mass is 381 g/mol. The number of ether oxygens (including phenoxy) is 1. The molecule has 0 aliphatic carbocycles. The highest BCUT2D eigenvalue weighted by molar-refractivity contribution is 5.98. The number of benzene rings is 2. The van der Waals surface area contributed by atoms with Gasteiger partial charge in [0.2, 0.25) is 11.8 Å². The molecular weight excluding hydrogens is 358 g/mol. The van der Waals surface area contributed by atoms with Crippen LogP contribution in [0.5, 0.6) is 0 Å². The Morgan fingerprint density at radius 1 is 1.14 bits per heavy atom. The van der Waals surface area contributed by atoms with Gasteiger partial charge < -0.3 is 20.3 Å². The lowest BCUT2D eigenvalue weighted by Crippen LogP contribution is -2.41. The first kappa shape index (κ1) is 19.4. The Morgan fingerprint density at radius 2 is 1.89 bits per heavy atom. The van der Waals surface area contributed by atoms with Crippen LogP contribution in [0.15, 0.2) is 48.5 Å². The van der Waals surface area contributed by atoms with E-state index in [2.05, 4.69) is 10.6 Å². The number of amides is 3. The molecule has 0 bridgehead atoms. The molecule has 7 nitrogen and oxygen atoms in total. The summed E-state index contributed by atoms with van der Waals surface area (Å²) in [6.07, 6.45) is 0.0932. The van der Waals surface area contributed by atoms with Crippen molar-refractivity contribution < 1.29 is 19.1 Å². The molecule has 3 rings (SSSR count). The molecule has 0 unspecified atom stereocenters. The van der Waals surface area contributed by atoms with Gasteiger partial charge in [-0.2, -0.15) is 0 Å². The molecule has 1 aliphatic heterocycles. The van der Waals surface area contributed by atoms with E-state index in [4.69, 9.17) is 4.74 Å². The molecule has 0 spiro atoms. The third-order valence-electron chi connectivity index (χ3n) is 4.56. The lowest BCUT2D eigenvalue weighted by atomic mass is 10.1. The third kappa shape index (κ3) is 4.68. The third-order valence-corrected chi connectivity index (χ3v) is 4.56. The van der Waals surface area contributed by atoms with Gasteiger partial charge in [-0.3, -0.25) is 9.59 Å². The summed E-state index contributed by atoms with van der Waals surface area (Å²) in [5, 5.41) is 5.30. The summed E-state index contributed by atoms with van der Waals surface area (Å²) in [5.41, 5.74) is 3.38. The highest BCUT2D eigenvalue weighted by Crippen LogP contribution is 2.30. The van der Waals surface area contributed by atoms with Crippen LogP contribution < -0.4 is 15.5 Å². The van der Waals surface area contributed by atoms with E-state index in [1.807, 2.05) is 42.5 Å². The van der Waals surface area contributed by atoms with Gasteiger partial charge in [0.15, 0.2) is 0 Å². The van der Waals surface area contributed by atoms with Crippen molar-refractivity contribution in [3.8, 4) is 0 Å². The molecule has 1 heterocycles. The summed E-state index contributed by atoms with van der Waals surface area (Å²) >= 11 is 0. The van der Waals surface area contributed by atoms with Gasteiger partial charge in [-0.05, 0) is 42.7 Å². The van der Waals surface area contributed by atoms with Gasteiger partial charge in [0.1, 0.15) is 12.6 Å². The van der Waals surface area contributed by atoms with Gasteiger partial charge in [-0.15, -0.1) is 0 Å². The van der Waals surface area contributed by atoms with Crippen LogP contribution in [0, 0.1) is 0 Å². The Kier molecular flexibility index (Phi) is 5.93. The molecule has 2 aromatic rings. The van der Waals surface area contributed by atoms with Crippen LogP contribution in [0.2, 0.25) is 0 Å². The van der Waals surface area contributed by atoms with Gasteiger partial charge in [0.05, 0.1) is 0 Å². The number of anilines is 2. The first-order valence-corrected chi connectivity index (χ1v) is 9.13. The molecule has 0 aromatic heterocycles. The van der Waals surface area contributed by atoms with Gasteiger partial charge in [0, 0.05) is 24.8 Å². The Hall–Kier alpha value is -3.35. The maximum atomic E-state index is 12.3. The van der Waals surface area contributed by atoms with E-state index in [-0.39, 0.29) is 18.4 Å². The molecule has 3 amide bonds. The first-order chi connectivity index (χ1) is 13.4. The topological polar surface area (TPSA) is 87.7 Å². The van der Waals surface area contributed by atoms with Crippen LogP contribution in [0.3, 0.4) is 0 Å². The average molecular weight is 381 g/mol. The van der Waals surface area contributed by atoms with Crippen molar-refractivity contribution in [2.45, 2.75) is 32.9 Å². The molecule has 0 saturated heterocycles. The summed E-state index contributed by atoms with van der Waals surface area (Å²) in [6.45, 7) is 3.91. The van der Waals surface area contributed by atoms with E-state index in [1.165, 1.54) is 6.92 Å². The van der Waals surface area contributed by atoms with E-state index in [1.54, 1.807) is 17.9 Å². The number of rotatable bonds is 5. The van der Waals surface area contributed by atoms with Crippen LogP contribution in [0.4, 0.5) is 16.2 Å². The van der Waals surface area contributed by atoms with Gasteiger partial charge in [-0.25, -0.2) is 4.79 Å². The standard InChI is InChI=1S/C21H23N3O4/c1-14(22-21(27)28-13-16-6-4-3-5-7-16)20(26)23-18-8-9-19-17(12-18)10-11-24(19)15(2)25/h3-9,12,14H,10-11,13H2,1-2H3,(H,22,27)(H,23,26)/t14-/m1/s1. The average Bonchev–Trinajstić information content (AvgIpc) is 3.10. The smallest absolute Gasteiger partial charge is 0.408 e. The van der Waals surface area contributed by atoms with E-state index in [9.17, 15) is 14.4 Å². The molecule has 28 heavy (non-hydrogen) atoms. The largest absolute Gasteiger partial charge is 0.445 e. The van der Waals surface area contributed by atoms with E-state index < -0.39 is 12.1 Å². The summed E-state index contributed by atoms with van der Waals surface area (Å²) in [7, 11) is 0. The van der Waals surface area contributed by atoms with Crippen molar-refractivity contribution in [3.05, 3.63) is 59.7 Å². The molecule has 1 atom stereocenters. The van der Waals surface area contributed by atoms with Crippen molar-refractivity contribution in [1.82, 2.24) is 5.32 Å². The summed E-state index contributed by atoms with van der Waals surface area (Å²) in [4.78, 5) is 37.6. The fourth-order valence-corrected chi connectivity index (χ4v) is 3.06. The first-order valence-electron chi connectivity index (χ1n) is 9.13. The SMILES string of the molecule is CC(=O)N1CCc2cc(NC(=O)[C@@H](C)NC(=O)OCc3ccccc3)ccc21. The van der Waals surface area contributed by atoms with E-state index in [0.717, 1.165) is 23.2 Å². The van der Waals surface area contributed by atoms with Crippen LogP contribution in [0.25, 0.3) is 0 Å². The number of hydrogen-bond acceptors (Lipinski definition) is 4. The lowest BCUT2D eigenvalue weighted by Gasteiger charge is -2.16. The molecule has 0 saturated carbocycles. The van der Waals surface area contributed by atoms with E-state index >= 15 is 0 Å². The second kappa shape index (κ2) is 8.56. The molecule has 146 valence electrons. The quantitative estimate of drug-likeness (QED) is 0.834. The Balaban J connectivity index is 1.51. The zero-order valence-corrected chi connectivity index (χ0v) is 15.9. The molecule has 1 aliphatic rings.